The van der Waals surface area contributed by atoms with Gasteiger partial charge in [0.2, 0.25) is 0 Å². The van der Waals surface area contributed by atoms with Crippen molar-refractivity contribution in [3.8, 4) is 0 Å². The molecule has 0 fully saturated rings. The Bertz CT molecular complexity index is 811. The van der Waals surface area contributed by atoms with Crippen molar-refractivity contribution < 1.29 is 0 Å². The molecular weight excluding hydrogens is 342 g/mol. The van der Waals surface area contributed by atoms with E-state index >= 15 is 0 Å². The summed E-state index contributed by atoms with van der Waals surface area (Å²) in [6.45, 7) is 8.98. The smallest absolute Gasteiger partial charge is 0.104 e. The third-order valence-corrected chi connectivity index (χ3v) is 4.68. The van der Waals surface area contributed by atoms with Crippen LogP contribution in [0.2, 0.25) is 5.02 Å². The van der Waals surface area contributed by atoms with Gasteiger partial charge in [0, 0.05) is 29.4 Å². The van der Waals surface area contributed by atoms with Gasteiger partial charge in [0.1, 0.15) is 5.82 Å². The Morgan fingerprint density at radius 3 is 2.73 bits per heavy atom. The Labute approximate surface area is 161 Å². The Hall–Kier alpha value is -2.23. The van der Waals surface area contributed by atoms with Crippen molar-refractivity contribution in [3.63, 3.8) is 0 Å². The molecule has 0 bridgehead atoms. The highest BCUT2D eigenvalue weighted by atomic mass is 35.5. The molecule has 3 N–H and O–H groups in total. The van der Waals surface area contributed by atoms with E-state index in [0.717, 1.165) is 60.1 Å². The number of benzene rings is 2. The van der Waals surface area contributed by atoms with Crippen molar-refractivity contribution >= 4 is 22.9 Å². The maximum atomic E-state index is 6.17. The van der Waals surface area contributed by atoms with E-state index in [-0.39, 0.29) is 0 Å². The monoisotopic (exact) mass is 367 g/mol. The van der Waals surface area contributed by atoms with Crippen molar-refractivity contribution in [2.24, 2.45) is 0 Å². The molecule has 0 aromatic heterocycles. The molecule has 0 atom stereocenters. The molecule has 0 spiro atoms. The summed E-state index contributed by atoms with van der Waals surface area (Å²) in [7, 11) is 0. The fourth-order valence-corrected chi connectivity index (χ4v) is 3.37. The number of rotatable bonds is 8. The van der Waals surface area contributed by atoms with Gasteiger partial charge in [0.05, 0.1) is 0 Å². The second-order valence-electron chi connectivity index (χ2n) is 6.53. The number of aryl methyl sites for hydroxylation is 1. The summed E-state index contributed by atoms with van der Waals surface area (Å²) in [5, 5.41) is 11.2. The predicted molar refractivity (Wildman–Crippen MR) is 112 cm³/mol. The highest BCUT2D eigenvalue weighted by Crippen LogP contribution is 2.28. The summed E-state index contributed by atoms with van der Waals surface area (Å²) >= 11 is 6.17. The van der Waals surface area contributed by atoms with Gasteiger partial charge < -0.3 is 16.0 Å². The van der Waals surface area contributed by atoms with Crippen LogP contribution in [0.25, 0.3) is 5.57 Å². The van der Waals surface area contributed by atoms with Gasteiger partial charge >= 0.3 is 0 Å². The summed E-state index contributed by atoms with van der Waals surface area (Å²) in [6.07, 6.45) is 4.11. The van der Waals surface area contributed by atoms with E-state index in [0.29, 0.717) is 0 Å². The van der Waals surface area contributed by atoms with Crippen molar-refractivity contribution in [2.75, 3.05) is 18.4 Å². The topological polar surface area (TPSA) is 36.1 Å². The number of anilines is 1. The van der Waals surface area contributed by atoms with Gasteiger partial charge in [-0.3, -0.25) is 0 Å². The van der Waals surface area contributed by atoms with E-state index < -0.39 is 0 Å². The zero-order valence-electron chi connectivity index (χ0n) is 15.2. The minimum Gasteiger partial charge on any atom is -0.372 e. The molecule has 3 nitrogen and oxygen atoms in total. The maximum absolute atomic E-state index is 6.17. The fourth-order valence-electron chi connectivity index (χ4n) is 3.09. The highest BCUT2D eigenvalue weighted by Gasteiger charge is 2.11. The Morgan fingerprint density at radius 2 is 1.88 bits per heavy atom. The van der Waals surface area contributed by atoms with Crippen LogP contribution in [0.15, 0.2) is 60.9 Å². The van der Waals surface area contributed by atoms with E-state index in [1.54, 1.807) is 0 Å². The molecule has 2 aromatic rings. The van der Waals surface area contributed by atoms with Crippen molar-refractivity contribution in [1.29, 1.82) is 0 Å². The summed E-state index contributed by atoms with van der Waals surface area (Å²) in [5.41, 5.74) is 5.83. The number of hydrogen-bond donors (Lipinski definition) is 3. The lowest BCUT2D eigenvalue weighted by atomic mass is 10.0. The first-order valence-electron chi connectivity index (χ1n) is 9.15. The Morgan fingerprint density at radius 1 is 1.08 bits per heavy atom. The molecule has 4 heteroatoms. The molecule has 1 aliphatic rings. The highest BCUT2D eigenvalue weighted by molar-refractivity contribution is 6.30. The van der Waals surface area contributed by atoms with Crippen LogP contribution in [0.3, 0.4) is 0 Å². The lowest BCUT2D eigenvalue weighted by molar-refractivity contribution is 0.626. The fraction of sp³-hybridized carbons (Fsp3) is 0.273. The third kappa shape index (κ3) is 4.90. The number of halogens is 1. The van der Waals surface area contributed by atoms with E-state index in [1.165, 1.54) is 11.1 Å². The van der Waals surface area contributed by atoms with E-state index in [4.69, 9.17) is 11.6 Å². The van der Waals surface area contributed by atoms with E-state index in [1.807, 2.05) is 24.3 Å². The van der Waals surface area contributed by atoms with Gasteiger partial charge in [0.15, 0.2) is 0 Å². The second-order valence-corrected chi connectivity index (χ2v) is 6.97. The largest absolute Gasteiger partial charge is 0.372 e. The van der Waals surface area contributed by atoms with Crippen molar-refractivity contribution in [3.05, 3.63) is 82.7 Å². The molecule has 0 unspecified atom stereocenters. The number of hydrogen-bond acceptors (Lipinski definition) is 3. The minimum absolute atomic E-state index is 0.818. The van der Waals surface area contributed by atoms with Gasteiger partial charge in [-0.05, 0) is 60.4 Å². The molecule has 0 aliphatic carbocycles. The molecule has 2 aromatic carbocycles. The zero-order chi connectivity index (χ0) is 18.4. The van der Waals surface area contributed by atoms with E-state index in [9.17, 15) is 0 Å². The van der Waals surface area contributed by atoms with Crippen LogP contribution in [0, 0.1) is 0 Å². The first kappa shape index (κ1) is 18.6. The molecule has 0 radical (unpaired) electrons. The number of allylic oxidation sites excluding steroid dienone is 2. The first-order valence-corrected chi connectivity index (χ1v) is 9.53. The molecule has 0 amide bonds. The number of nitrogens with one attached hydrogen (secondary N) is 3. The van der Waals surface area contributed by atoms with Crippen molar-refractivity contribution in [1.82, 2.24) is 10.6 Å². The number of para-hydroxylation sites is 1. The lowest BCUT2D eigenvalue weighted by Gasteiger charge is -2.21. The molecule has 26 heavy (non-hydrogen) atoms. The predicted octanol–water partition coefficient (Wildman–Crippen LogP) is 4.95. The summed E-state index contributed by atoms with van der Waals surface area (Å²) in [5.74, 6) is 1.01. The lowest BCUT2D eigenvalue weighted by Crippen LogP contribution is -2.26. The SMILES string of the molecule is C=C1C=C(NCCCNCc2cc(Cl)cc(CC)c2)Nc2ccccc21. The number of fused-ring (bicyclic) bond motifs is 1. The van der Waals surface area contributed by atoms with Crippen LogP contribution in [0.1, 0.15) is 30.0 Å². The van der Waals surface area contributed by atoms with Crippen LogP contribution in [-0.4, -0.2) is 13.1 Å². The second kappa shape index (κ2) is 8.93. The van der Waals surface area contributed by atoms with Crippen LogP contribution in [0.5, 0.6) is 0 Å². The minimum atomic E-state index is 0.818. The molecule has 0 saturated heterocycles. The molecule has 1 aliphatic heterocycles. The quantitative estimate of drug-likeness (QED) is 0.577. The van der Waals surface area contributed by atoms with Gasteiger partial charge in [-0.15, -0.1) is 0 Å². The van der Waals surface area contributed by atoms with Gasteiger partial charge in [-0.1, -0.05) is 49.4 Å². The van der Waals surface area contributed by atoms with Gasteiger partial charge in [-0.25, -0.2) is 0 Å². The average Bonchev–Trinajstić information content (AvgIpc) is 2.64. The van der Waals surface area contributed by atoms with Crippen LogP contribution in [-0.2, 0) is 13.0 Å². The van der Waals surface area contributed by atoms with Gasteiger partial charge in [-0.2, -0.15) is 0 Å². The first-order chi connectivity index (χ1) is 12.7. The Balaban J connectivity index is 1.39. The molecule has 136 valence electrons. The van der Waals surface area contributed by atoms with Gasteiger partial charge in [0.25, 0.3) is 0 Å². The Kier molecular flexibility index (Phi) is 6.37. The summed E-state index contributed by atoms with van der Waals surface area (Å²) < 4.78 is 0. The molecule has 0 saturated carbocycles. The standard InChI is InChI=1S/C22H26ClN3/c1-3-17-12-18(14-19(23)13-17)15-24-9-6-10-25-22-11-16(2)20-7-4-5-8-21(20)26-22/h4-5,7-8,11-14,24-26H,2-3,6,9-10,15H2,1H3. The molecule has 1 heterocycles. The zero-order valence-corrected chi connectivity index (χ0v) is 16.0. The maximum Gasteiger partial charge on any atom is 0.104 e. The van der Waals surface area contributed by atoms with E-state index in [2.05, 4.69) is 53.7 Å². The summed E-state index contributed by atoms with van der Waals surface area (Å²) in [4.78, 5) is 0. The summed E-state index contributed by atoms with van der Waals surface area (Å²) in [6, 6.07) is 14.5. The molecular formula is C22H26ClN3. The average molecular weight is 368 g/mol. The molecule has 3 rings (SSSR count). The van der Waals surface area contributed by atoms with Crippen LogP contribution >= 0.6 is 11.6 Å². The normalized spacial score (nSPS) is 13.0. The van der Waals surface area contributed by atoms with Crippen LogP contribution < -0.4 is 16.0 Å². The van der Waals surface area contributed by atoms with Crippen molar-refractivity contribution in [2.45, 2.75) is 26.3 Å². The van der Waals surface area contributed by atoms with Crippen LogP contribution in [0.4, 0.5) is 5.69 Å². The third-order valence-electron chi connectivity index (χ3n) is 4.46.